The summed E-state index contributed by atoms with van der Waals surface area (Å²) in [6.45, 7) is 6.35. The van der Waals surface area contributed by atoms with Crippen molar-refractivity contribution in [3.63, 3.8) is 0 Å². The highest BCUT2D eigenvalue weighted by Crippen LogP contribution is 2.57. The normalized spacial score (nSPS) is 46.2. The molecule has 1 unspecified atom stereocenters. The van der Waals surface area contributed by atoms with E-state index < -0.39 is 11.0 Å². The van der Waals surface area contributed by atoms with Crippen LogP contribution in [-0.4, -0.2) is 14.5 Å². The van der Waals surface area contributed by atoms with Gasteiger partial charge >= 0.3 is 0 Å². The predicted molar refractivity (Wildman–Crippen MR) is 71.9 cm³/mol. The van der Waals surface area contributed by atoms with Gasteiger partial charge < -0.3 is 0 Å². The minimum absolute atomic E-state index is 0.0335. The highest BCUT2D eigenvalue weighted by Gasteiger charge is 2.54. The van der Waals surface area contributed by atoms with E-state index in [4.69, 9.17) is 0 Å². The zero-order valence-corrected chi connectivity index (χ0v) is 12.1. The average Bonchev–Trinajstić information content (AvgIpc) is 2.12. The first kappa shape index (κ1) is 12.2. The lowest BCUT2D eigenvalue weighted by molar-refractivity contribution is 0.0354. The van der Waals surface area contributed by atoms with Crippen molar-refractivity contribution in [3.05, 3.63) is 0 Å². The Bertz CT molecular complexity index is 309. The predicted octanol–water partition coefficient (Wildman–Crippen LogP) is 3.01. The van der Waals surface area contributed by atoms with Crippen LogP contribution in [-0.2, 0) is 11.0 Å². The number of nitrogens with one attached hydrogen (secondary N) is 1. The maximum absolute atomic E-state index is 12.7. The molecule has 0 heterocycles. The van der Waals surface area contributed by atoms with Crippen LogP contribution < -0.4 is 4.72 Å². The number of hydrogen-bond acceptors (Lipinski definition) is 1. The molecule has 4 saturated carbocycles. The molecule has 1 N–H and O–H groups in total. The summed E-state index contributed by atoms with van der Waals surface area (Å²) in [5, 5.41) is 0. The lowest BCUT2D eigenvalue weighted by Crippen LogP contribution is -2.57. The SMILES string of the molecule is CC(C)(C)NS(=O)C12CC3CC(CC(C3)C1)C2. The molecule has 4 fully saturated rings. The molecule has 4 aliphatic rings. The second-order valence-corrected chi connectivity index (χ2v) is 9.33. The van der Waals surface area contributed by atoms with Crippen LogP contribution in [0.1, 0.15) is 59.3 Å². The van der Waals surface area contributed by atoms with Crippen LogP contribution in [0.2, 0.25) is 0 Å². The van der Waals surface area contributed by atoms with Crippen LogP contribution in [0.5, 0.6) is 0 Å². The van der Waals surface area contributed by atoms with E-state index in [0.29, 0.717) is 0 Å². The molecule has 0 spiro atoms. The summed E-state index contributed by atoms with van der Waals surface area (Å²) in [6, 6.07) is 0. The molecule has 0 aromatic rings. The topological polar surface area (TPSA) is 29.1 Å². The third-order valence-electron chi connectivity index (χ3n) is 4.77. The Balaban J connectivity index is 1.80. The summed E-state index contributed by atoms with van der Waals surface area (Å²) >= 11 is 0. The highest BCUT2D eigenvalue weighted by molar-refractivity contribution is 7.84. The number of hydrogen-bond donors (Lipinski definition) is 1. The van der Waals surface area contributed by atoms with E-state index in [1.54, 1.807) is 0 Å². The van der Waals surface area contributed by atoms with Crippen LogP contribution >= 0.6 is 0 Å². The van der Waals surface area contributed by atoms with Crippen molar-refractivity contribution in [2.75, 3.05) is 0 Å². The lowest BCUT2D eigenvalue weighted by Gasteiger charge is -2.56. The second-order valence-electron chi connectivity index (χ2n) is 7.72. The average molecular weight is 255 g/mol. The first-order valence-electron chi connectivity index (χ1n) is 7.06. The summed E-state index contributed by atoms with van der Waals surface area (Å²) in [5.74, 6) is 2.64. The van der Waals surface area contributed by atoms with Crippen molar-refractivity contribution in [1.29, 1.82) is 0 Å². The van der Waals surface area contributed by atoms with Crippen LogP contribution in [0, 0.1) is 17.8 Å². The van der Waals surface area contributed by atoms with Gasteiger partial charge in [-0.15, -0.1) is 0 Å². The van der Waals surface area contributed by atoms with Crippen LogP contribution in [0.4, 0.5) is 0 Å². The Morgan fingerprint density at radius 3 is 1.76 bits per heavy atom. The Morgan fingerprint density at radius 1 is 1.00 bits per heavy atom. The second kappa shape index (κ2) is 3.80. The largest absolute Gasteiger partial charge is 0.242 e. The van der Waals surface area contributed by atoms with E-state index in [0.717, 1.165) is 17.8 Å². The third-order valence-corrected chi connectivity index (χ3v) is 6.86. The van der Waals surface area contributed by atoms with E-state index in [-0.39, 0.29) is 10.3 Å². The van der Waals surface area contributed by atoms with Gasteiger partial charge in [0, 0.05) is 5.54 Å². The monoisotopic (exact) mass is 255 g/mol. The fraction of sp³-hybridized carbons (Fsp3) is 1.00. The molecule has 0 saturated heterocycles. The van der Waals surface area contributed by atoms with Gasteiger partial charge in [0.25, 0.3) is 0 Å². The van der Waals surface area contributed by atoms with Crippen LogP contribution in [0.15, 0.2) is 0 Å². The first-order chi connectivity index (χ1) is 7.86. The van der Waals surface area contributed by atoms with Crippen LogP contribution in [0.3, 0.4) is 0 Å². The summed E-state index contributed by atoms with van der Waals surface area (Å²) in [5.41, 5.74) is -0.0335. The smallest absolute Gasteiger partial charge is 0.0983 e. The molecule has 0 aliphatic heterocycles. The minimum atomic E-state index is -0.844. The molecule has 0 aromatic carbocycles. The van der Waals surface area contributed by atoms with E-state index >= 15 is 0 Å². The Kier molecular flexibility index (Phi) is 2.72. The van der Waals surface area contributed by atoms with Gasteiger partial charge in [0.1, 0.15) is 0 Å². The zero-order valence-electron chi connectivity index (χ0n) is 11.3. The van der Waals surface area contributed by atoms with E-state index in [9.17, 15) is 4.21 Å². The van der Waals surface area contributed by atoms with Crippen molar-refractivity contribution in [2.45, 2.75) is 69.6 Å². The molecule has 98 valence electrons. The van der Waals surface area contributed by atoms with Gasteiger partial charge in [0.05, 0.1) is 15.7 Å². The van der Waals surface area contributed by atoms with E-state index in [1.165, 1.54) is 38.5 Å². The van der Waals surface area contributed by atoms with Gasteiger partial charge in [-0.25, -0.2) is 8.93 Å². The first-order valence-corrected chi connectivity index (χ1v) is 8.21. The molecular weight excluding hydrogens is 230 g/mol. The van der Waals surface area contributed by atoms with Gasteiger partial charge in [0.2, 0.25) is 0 Å². The van der Waals surface area contributed by atoms with Gasteiger partial charge in [-0.05, 0) is 77.0 Å². The quantitative estimate of drug-likeness (QED) is 0.807. The summed E-state index contributed by atoms with van der Waals surface area (Å²) in [4.78, 5) is 0. The molecule has 2 nitrogen and oxygen atoms in total. The van der Waals surface area contributed by atoms with Gasteiger partial charge in [-0.3, -0.25) is 0 Å². The van der Waals surface area contributed by atoms with Crippen molar-refractivity contribution >= 4 is 11.0 Å². The molecule has 0 amide bonds. The fourth-order valence-corrected chi connectivity index (χ4v) is 6.58. The van der Waals surface area contributed by atoms with Gasteiger partial charge in [-0.1, -0.05) is 0 Å². The molecule has 0 radical (unpaired) electrons. The molecule has 0 aromatic heterocycles. The summed E-state index contributed by atoms with van der Waals surface area (Å²) in [6.07, 6.45) is 7.92. The maximum atomic E-state index is 12.7. The zero-order chi connectivity index (χ0) is 12.3. The standard InChI is InChI=1S/C14H25NOS/c1-13(2,3)15-17(16)14-7-10-4-11(8-14)6-12(5-10)9-14/h10-12,15H,4-9H2,1-3H3. The van der Waals surface area contributed by atoms with Crippen molar-refractivity contribution in [3.8, 4) is 0 Å². The molecule has 3 heteroatoms. The minimum Gasteiger partial charge on any atom is -0.242 e. The highest BCUT2D eigenvalue weighted by atomic mass is 32.2. The van der Waals surface area contributed by atoms with E-state index in [1.807, 2.05) is 0 Å². The Hall–Kier alpha value is 0.110. The maximum Gasteiger partial charge on any atom is 0.0983 e. The number of rotatable bonds is 2. The van der Waals surface area contributed by atoms with E-state index in [2.05, 4.69) is 25.5 Å². The van der Waals surface area contributed by atoms with Crippen molar-refractivity contribution < 1.29 is 4.21 Å². The molecule has 4 rings (SSSR count). The van der Waals surface area contributed by atoms with Gasteiger partial charge in [-0.2, -0.15) is 0 Å². The van der Waals surface area contributed by atoms with Crippen LogP contribution in [0.25, 0.3) is 0 Å². The van der Waals surface area contributed by atoms with Crippen molar-refractivity contribution in [1.82, 2.24) is 4.72 Å². The van der Waals surface area contributed by atoms with Gasteiger partial charge in [0.15, 0.2) is 0 Å². The molecule has 1 atom stereocenters. The Morgan fingerprint density at radius 2 is 1.41 bits per heavy atom. The summed E-state index contributed by atoms with van der Waals surface area (Å²) < 4.78 is 16.2. The molecule has 4 aliphatic carbocycles. The third kappa shape index (κ3) is 2.21. The Labute approximate surface area is 108 Å². The van der Waals surface area contributed by atoms with Crippen molar-refractivity contribution in [2.24, 2.45) is 17.8 Å². The molecule has 17 heavy (non-hydrogen) atoms. The fourth-order valence-electron chi connectivity index (χ4n) is 4.64. The molecule has 4 bridgehead atoms. The summed E-state index contributed by atoms with van der Waals surface area (Å²) in [7, 11) is -0.844. The molecular formula is C14H25NOS. The lowest BCUT2D eigenvalue weighted by atomic mass is 9.56.